The maximum absolute atomic E-state index is 15.0. The average molecular weight is 1590 g/mol. The smallest absolute Gasteiger partial charge is 0.490 e. The molecule has 38 nitrogen and oxygen atoms in total. The molecule has 3 aliphatic rings. The third kappa shape index (κ3) is 23.9. The van der Waals surface area contributed by atoms with Crippen LogP contribution >= 0.6 is 34.8 Å². The van der Waals surface area contributed by atoms with E-state index in [2.05, 4.69) is 74.5 Å². The van der Waals surface area contributed by atoms with Crippen molar-refractivity contribution in [3.63, 3.8) is 0 Å². The van der Waals surface area contributed by atoms with Gasteiger partial charge in [-0.25, -0.2) is 28.5 Å². The van der Waals surface area contributed by atoms with Crippen molar-refractivity contribution in [1.82, 2.24) is 25.4 Å². The van der Waals surface area contributed by atoms with Crippen LogP contribution in [0, 0.1) is 11.8 Å². The molecule has 4 aromatic carbocycles. The van der Waals surface area contributed by atoms with Gasteiger partial charge in [0.1, 0.15) is 71.6 Å². The second-order valence-electron chi connectivity index (χ2n) is 23.9. The first-order chi connectivity index (χ1) is 51.5. The molecule has 1 saturated heterocycles. The van der Waals surface area contributed by atoms with Gasteiger partial charge in [-0.2, -0.15) is 17.0 Å². The minimum atomic E-state index is -5.83. The quantitative estimate of drug-likeness (QED) is 0.00264. The summed E-state index contributed by atoms with van der Waals surface area (Å²) < 4.78 is 116. The zero-order valence-electron chi connectivity index (χ0n) is 57.7. The Labute approximate surface area is 620 Å². The van der Waals surface area contributed by atoms with Crippen molar-refractivity contribution >= 4 is 101 Å². The third-order valence-corrected chi connectivity index (χ3v) is 22.1. The number of aryl methyl sites for hydroxylation is 1. The highest BCUT2D eigenvalue weighted by Crippen LogP contribution is 2.66. The highest BCUT2D eigenvalue weighted by atomic mass is 32.2. The Bertz CT molecular complexity index is 4890. The molecule has 0 spiro atoms. The number of nitrogens with two attached hydrogens (primary N) is 1. The molecule has 3 amide bonds. The molecular weight excluding hydrogens is 1520 g/mol. The van der Waals surface area contributed by atoms with E-state index in [1.54, 1.807) is 36.4 Å². The van der Waals surface area contributed by atoms with Crippen LogP contribution in [0.25, 0.3) is 63.8 Å². The van der Waals surface area contributed by atoms with Gasteiger partial charge in [0.2, 0.25) is 5.91 Å². The zero-order valence-corrected chi connectivity index (χ0v) is 62.0. The van der Waals surface area contributed by atoms with Gasteiger partial charge in [0.05, 0.1) is 54.0 Å². The number of carbonyl (C=O) groups excluding carboxylic acids is 4. The number of hydrogen-bond acceptors (Lipinski definition) is 27. The number of fused-ring (bicyclic) bond motifs is 3. The summed E-state index contributed by atoms with van der Waals surface area (Å²) in [6.45, 7) is 4.82. The predicted octanol–water partition coefficient (Wildman–Crippen LogP) is 8.10. The number of amidine groups is 1. The summed E-state index contributed by atoms with van der Waals surface area (Å²) >= 11 is 1.32. The second-order valence-corrected chi connectivity index (χ2v) is 31.0. The van der Waals surface area contributed by atoms with Crippen LogP contribution in [0.5, 0.6) is 5.75 Å². The summed E-state index contributed by atoms with van der Waals surface area (Å²) in [5.41, 5.74) is 28.0. The number of aliphatic imine (C=N–C) groups is 1. The number of anilines is 1. The third-order valence-electron chi connectivity index (χ3n) is 16.4. The Hall–Kier alpha value is -9.25. The number of amides is 3. The van der Waals surface area contributed by atoms with Crippen LogP contribution in [0.3, 0.4) is 0 Å². The Morgan fingerprint density at radius 2 is 1.71 bits per heavy atom. The maximum atomic E-state index is 15.0. The SMILES string of the molecule is C=C1N=C(N)C(C#CCNC(=O)COCCOC(COc2cccc(C(=O)NCCCC(=O)CCCN(CCCS(=O)(=O)O)C(=O)c3ccccc3-c3c(-c4nc5ccccc5s4)c(=O)oc4cc5c(cc34)CCCN5CC)c2)N=[N+]=[N-])=CN1C1CC(OCN=[N+]=[N-])C(COP(=O)(O)OP(=O)(O)OP(=O)(O)O)O1. The van der Waals surface area contributed by atoms with Crippen molar-refractivity contribution in [2.24, 2.45) is 21.0 Å². The van der Waals surface area contributed by atoms with Crippen molar-refractivity contribution in [2.45, 2.75) is 83.0 Å². The van der Waals surface area contributed by atoms with Gasteiger partial charge in [0.15, 0.2) is 6.23 Å². The molecule has 576 valence electrons. The van der Waals surface area contributed by atoms with Gasteiger partial charge >= 0.3 is 29.1 Å². The first-order valence-corrected chi connectivity index (χ1v) is 40.2. The standard InChI is InChI=1S/C65H75N14O24P3S2/c1-3-77-26-11-16-42-33-49-52(34-51(42)77)101-65(84)60(63-73-50-22-6-7-23-55(50)107-63)59(49)47-20-4-5-21-48(47)64(83)78(28-13-31-108(92,93)94)27-12-18-45(80)17-10-25-70-62(82)43-14-8-19-46(32-43)97-39-57(74-76-68)96-30-29-95-38-56(81)69-24-9-15-44-36-79(41(2)72-61(44)66)58-35-53(98-40-71-75-67)54(100-58)37-99-105(88,89)103-106(90,91)102-104(85,86)87/h4-8,14,19-23,32-34,36,53-54,57-58H,2-3,10-13,16-18,24-31,35,37-40H2,1H3,(H2,66,72)(H,69,81)(H,70,82)(H,88,89)(H,90,91)(H2,85,86,87)(H,92,93,94). The normalized spacial score (nSPS) is 17.2. The summed E-state index contributed by atoms with van der Waals surface area (Å²) in [5, 5.41) is 13.2. The van der Waals surface area contributed by atoms with Crippen molar-refractivity contribution < 1.29 is 107 Å². The van der Waals surface area contributed by atoms with Crippen LogP contribution in [-0.2, 0) is 71.9 Å². The molecule has 6 aromatic rings. The van der Waals surface area contributed by atoms with E-state index in [9.17, 15) is 61.2 Å². The first-order valence-electron chi connectivity index (χ1n) is 33.2. The molecule has 6 atom stereocenters. The summed E-state index contributed by atoms with van der Waals surface area (Å²) in [7, 11) is -21.5. The number of rotatable bonds is 39. The van der Waals surface area contributed by atoms with E-state index in [1.165, 1.54) is 39.5 Å². The lowest BCUT2D eigenvalue weighted by atomic mass is 9.90. The number of Topliss-reactive ketones (excluding diaryl/α,β-unsaturated/α-hetero) is 1. The van der Waals surface area contributed by atoms with Crippen LogP contribution in [0.2, 0.25) is 0 Å². The Balaban J connectivity index is 0.712. The van der Waals surface area contributed by atoms with Crippen molar-refractivity contribution in [3.8, 4) is 39.3 Å². The number of phosphoric ester groups is 1. The van der Waals surface area contributed by atoms with E-state index in [-0.39, 0.29) is 130 Å². The highest BCUT2D eigenvalue weighted by molar-refractivity contribution is 7.85. The molecule has 0 radical (unpaired) electrons. The van der Waals surface area contributed by atoms with Gasteiger partial charge in [0, 0.05) is 102 Å². The fourth-order valence-corrected chi connectivity index (χ4v) is 16.2. The molecule has 108 heavy (non-hydrogen) atoms. The molecule has 43 heteroatoms. The van der Waals surface area contributed by atoms with Gasteiger partial charge in [-0.15, -0.1) is 11.3 Å². The molecule has 0 bridgehead atoms. The number of ketones is 1. The van der Waals surface area contributed by atoms with Gasteiger partial charge in [-0.05, 0) is 104 Å². The van der Waals surface area contributed by atoms with E-state index in [0.717, 1.165) is 41.9 Å². The van der Waals surface area contributed by atoms with Gasteiger partial charge in [0.25, 0.3) is 21.9 Å². The van der Waals surface area contributed by atoms with E-state index in [1.807, 2.05) is 36.4 Å². The number of carbonyl (C=O) groups is 4. The van der Waals surface area contributed by atoms with E-state index in [4.69, 9.17) is 58.7 Å². The van der Waals surface area contributed by atoms with Crippen LogP contribution in [0.1, 0.15) is 78.1 Å². The first kappa shape index (κ1) is 82.8. The summed E-state index contributed by atoms with van der Waals surface area (Å²) in [5.74, 6) is 3.26. The van der Waals surface area contributed by atoms with Crippen LogP contribution in [0.15, 0.2) is 134 Å². The molecule has 5 heterocycles. The van der Waals surface area contributed by atoms with Crippen LogP contribution < -0.4 is 31.6 Å². The largest absolute Gasteiger partial charge is 0.491 e. The zero-order chi connectivity index (χ0) is 77.8. The molecule has 2 aromatic heterocycles. The Kier molecular flexibility index (Phi) is 29.3. The number of nitrogens with one attached hydrogen (secondary N) is 2. The summed E-state index contributed by atoms with van der Waals surface area (Å²) in [4.78, 5) is 125. The van der Waals surface area contributed by atoms with Crippen LogP contribution in [0.4, 0.5) is 5.69 Å². The average Bonchev–Trinajstić information content (AvgIpc) is 1.12. The summed E-state index contributed by atoms with van der Waals surface area (Å²) in [6, 6.07) is 24.3. The molecule has 9 N–H and O–H groups in total. The Morgan fingerprint density at radius 1 is 0.944 bits per heavy atom. The molecule has 3 aliphatic heterocycles. The lowest BCUT2D eigenvalue weighted by molar-refractivity contribution is -0.126. The van der Waals surface area contributed by atoms with Crippen molar-refractivity contribution in [1.29, 1.82) is 0 Å². The lowest BCUT2D eigenvalue weighted by Crippen LogP contribution is -2.35. The molecule has 9 rings (SSSR count). The molecular formula is C65H75N14O24P3S2. The fraction of sp³-hybridized carbons (Fsp3) is 0.400. The van der Waals surface area contributed by atoms with Crippen molar-refractivity contribution in [2.75, 3.05) is 89.7 Å². The van der Waals surface area contributed by atoms with Crippen LogP contribution in [-0.4, -0.2) is 186 Å². The number of benzene rings is 4. The second kappa shape index (κ2) is 38.2. The van der Waals surface area contributed by atoms with E-state index in [0.29, 0.717) is 32.6 Å². The number of para-hydroxylation sites is 1. The minimum absolute atomic E-state index is 0.0256. The predicted molar refractivity (Wildman–Crippen MR) is 391 cm³/mol. The van der Waals surface area contributed by atoms with Gasteiger partial charge in [-0.1, -0.05) is 65.0 Å². The lowest BCUT2D eigenvalue weighted by Gasteiger charge is -2.30. The maximum Gasteiger partial charge on any atom is 0.490 e. The van der Waals surface area contributed by atoms with Crippen molar-refractivity contribution in [3.05, 3.63) is 157 Å². The van der Waals surface area contributed by atoms with Gasteiger partial charge < -0.3 is 78.7 Å². The number of azide groups is 2. The number of nitrogens with zero attached hydrogens (tertiary/aromatic N) is 11. The number of hydrogen-bond donors (Lipinski definition) is 8. The highest BCUT2D eigenvalue weighted by Gasteiger charge is 2.45. The molecule has 1 fully saturated rings. The monoisotopic (exact) mass is 1590 g/mol. The van der Waals surface area contributed by atoms with E-state index < -0.39 is 107 Å². The van der Waals surface area contributed by atoms with E-state index >= 15 is 4.79 Å². The molecule has 6 unspecified atom stereocenters. The number of thiazole rings is 1. The molecule has 0 aliphatic carbocycles. The fourth-order valence-electron chi connectivity index (χ4n) is 11.6. The number of ether oxygens (including phenoxy) is 5. The molecule has 0 saturated carbocycles. The number of phosphoric acid groups is 3. The number of aromatic nitrogens is 1. The van der Waals surface area contributed by atoms with Gasteiger partial charge in [-0.3, -0.25) is 28.3 Å². The Morgan fingerprint density at radius 3 is 2.47 bits per heavy atom. The summed E-state index contributed by atoms with van der Waals surface area (Å²) in [6.07, 6.45) is -1.14. The topological polar surface area (TPSA) is 541 Å². The minimum Gasteiger partial charge on any atom is -0.491 e.